The predicted octanol–water partition coefficient (Wildman–Crippen LogP) is 2.14. The average Bonchev–Trinajstić information content (AvgIpc) is 2.88. The number of likely N-dealkylation sites (tertiary alicyclic amines) is 1. The highest BCUT2D eigenvalue weighted by Gasteiger charge is 2.51. The molecule has 0 aromatic rings. The molecule has 0 aromatic carbocycles. The summed E-state index contributed by atoms with van der Waals surface area (Å²) in [5.74, 6) is 3.83. The van der Waals surface area contributed by atoms with Crippen LogP contribution < -0.4 is 0 Å². The summed E-state index contributed by atoms with van der Waals surface area (Å²) >= 11 is 0. The Balaban J connectivity index is 1.32. The van der Waals surface area contributed by atoms with Crippen molar-refractivity contribution in [2.45, 2.75) is 19.3 Å². The van der Waals surface area contributed by atoms with Crippen molar-refractivity contribution in [2.75, 3.05) is 66.6 Å². The Bertz CT molecular complexity index is 419. The van der Waals surface area contributed by atoms with Crippen molar-refractivity contribution in [3.8, 4) is 0 Å². The lowest BCUT2D eigenvalue weighted by Crippen LogP contribution is -2.53. The number of nitrogens with zero attached hydrogens (tertiary/aromatic N) is 2. The first-order valence-corrected chi connectivity index (χ1v) is 9.50. The highest BCUT2D eigenvalue weighted by Crippen LogP contribution is 2.49. The summed E-state index contributed by atoms with van der Waals surface area (Å²) in [6.45, 7) is 9.97. The molecule has 0 amide bonds. The van der Waals surface area contributed by atoms with Gasteiger partial charge in [0.05, 0.1) is 53.5 Å². The maximum Gasteiger partial charge on any atom is 0.102 e. The third kappa shape index (κ3) is 2.76. The third-order valence-electron chi connectivity index (χ3n) is 7.34. The van der Waals surface area contributed by atoms with E-state index in [1.807, 2.05) is 0 Å². The second-order valence-electron chi connectivity index (χ2n) is 9.08. The van der Waals surface area contributed by atoms with Crippen LogP contribution in [0.5, 0.6) is 0 Å². The molecule has 1 saturated carbocycles. The Morgan fingerprint density at radius 1 is 0.864 bits per heavy atom. The zero-order chi connectivity index (χ0) is 15.2. The number of ether oxygens (including phenoxy) is 1. The second kappa shape index (κ2) is 5.61. The van der Waals surface area contributed by atoms with Gasteiger partial charge in [-0.2, -0.15) is 0 Å². The number of hydrogen-bond donors (Lipinski definition) is 0. The van der Waals surface area contributed by atoms with Crippen LogP contribution in [0.15, 0.2) is 12.2 Å². The van der Waals surface area contributed by atoms with Gasteiger partial charge < -0.3 is 13.7 Å². The lowest BCUT2D eigenvalue weighted by molar-refractivity contribution is -0.928. The highest BCUT2D eigenvalue weighted by molar-refractivity contribution is 5.10. The second-order valence-corrected chi connectivity index (χ2v) is 9.08. The fraction of sp³-hybridized carbons (Fsp3) is 0.895. The Labute approximate surface area is 136 Å². The van der Waals surface area contributed by atoms with Gasteiger partial charge in [-0.05, 0) is 24.7 Å². The van der Waals surface area contributed by atoms with Crippen LogP contribution in [-0.2, 0) is 4.74 Å². The van der Waals surface area contributed by atoms with Crippen LogP contribution in [0.2, 0.25) is 0 Å². The van der Waals surface area contributed by atoms with Crippen molar-refractivity contribution in [3.05, 3.63) is 12.2 Å². The number of fused-ring (bicyclic) bond motifs is 1. The highest BCUT2D eigenvalue weighted by atomic mass is 16.5. The molecule has 2 heterocycles. The van der Waals surface area contributed by atoms with Gasteiger partial charge in [0, 0.05) is 18.3 Å². The van der Waals surface area contributed by atoms with E-state index in [-0.39, 0.29) is 0 Å². The quantitative estimate of drug-likeness (QED) is 0.571. The molecule has 0 radical (unpaired) electrons. The zero-order valence-electron chi connectivity index (χ0n) is 14.5. The van der Waals surface area contributed by atoms with E-state index >= 15 is 0 Å². The molecule has 0 N–H and O–H groups in total. The van der Waals surface area contributed by atoms with E-state index in [1.54, 1.807) is 0 Å². The summed E-state index contributed by atoms with van der Waals surface area (Å²) in [5.41, 5.74) is 0. The molecule has 2 saturated heterocycles. The van der Waals surface area contributed by atoms with Gasteiger partial charge in [0.1, 0.15) is 13.1 Å². The fourth-order valence-electron chi connectivity index (χ4n) is 5.87. The van der Waals surface area contributed by atoms with Crippen molar-refractivity contribution >= 4 is 0 Å². The lowest BCUT2D eigenvalue weighted by Gasteiger charge is -2.38. The molecule has 22 heavy (non-hydrogen) atoms. The van der Waals surface area contributed by atoms with E-state index in [0.29, 0.717) is 0 Å². The van der Waals surface area contributed by atoms with E-state index < -0.39 is 0 Å². The van der Waals surface area contributed by atoms with Crippen LogP contribution in [-0.4, -0.2) is 75.5 Å². The number of quaternary nitrogens is 2. The maximum atomic E-state index is 5.53. The van der Waals surface area contributed by atoms with Crippen LogP contribution in [0.25, 0.3) is 0 Å². The van der Waals surface area contributed by atoms with E-state index in [4.69, 9.17) is 4.74 Å². The minimum atomic E-state index is 0.916. The van der Waals surface area contributed by atoms with E-state index in [2.05, 4.69) is 26.2 Å². The first-order valence-electron chi connectivity index (χ1n) is 9.50. The van der Waals surface area contributed by atoms with E-state index in [9.17, 15) is 0 Å². The minimum absolute atomic E-state index is 0.916. The molecule has 3 aliphatic carbocycles. The molecule has 2 aliphatic heterocycles. The summed E-state index contributed by atoms with van der Waals surface area (Å²) in [7, 11) is 4.97. The fourth-order valence-corrected chi connectivity index (χ4v) is 5.87. The molecule has 0 aromatic heterocycles. The number of hydrogen-bond acceptors (Lipinski definition) is 1. The molecule has 3 fully saturated rings. The van der Waals surface area contributed by atoms with E-state index in [0.717, 1.165) is 36.9 Å². The van der Waals surface area contributed by atoms with Crippen molar-refractivity contribution < 1.29 is 13.7 Å². The molecule has 5 rings (SSSR count). The summed E-state index contributed by atoms with van der Waals surface area (Å²) in [5, 5.41) is 0. The number of rotatable bonds is 4. The predicted molar refractivity (Wildman–Crippen MR) is 89.3 cm³/mol. The summed E-state index contributed by atoms with van der Waals surface area (Å²) < 4.78 is 8.12. The van der Waals surface area contributed by atoms with Gasteiger partial charge in [-0.15, -0.1) is 0 Å². The maximum absolute atomic E-state index is 5.53. The summed E-state index contributed by atoms with van der Waals surface area (Å²) in [6.07, 6.45) is 9.44. The number of allylic oxidation sites excluding steroid dienone is 2. The first kappa shape index (κ1) is 15.2. The largest absolute Gasteiger partial charge is 0.370 e. The van der Waals surface area contributed by atoms with Crippen LogP contribution in [0, 0.1) is 23.7 Å². The molecule has 2 bridgehead atoms. The Morgan fingerprint density at radius 2 is 1.41 bits per heavy atom. The molecule has 4 atom stereocenters. The zero-order valence-corrected chi connectivity index (χ0v) is 14.5. The van der Waals surface area contributed by atoms with Crippen molar-refractivity contribution in [3.63, 3.8) is 0 Å². The minimum Gasteiger partial charge on any atom is -0.370 e. The van der Waals surface area contributed by atoms with Crippen LogP contribution in [0.1, 0.15) is 19.3 Å². The van der Waals surface area contributed by atoms with Crippen LogP contribution >= 0.6 is 0 Å². The van der Waals surface area contributed by atoms with Gasteiger partial charge in [-0.1, -0.05) is 12.2 Å². The van der Waals surface area contributed by atoms with Gasteiger partial charge in [-0.3, -0.25) is 0 Å². The lowest BCUT2D eigenvalue weighted by atomic mass is 9.64. The Hall–Kier alpha value is -0.380. The summed E-state index contributed by atoms with van der Waals surface area (Å²) in [6, 6.07) is 0. The smallest absolute Gasteiger partial charge is 0.102 e. The van der Waals surface area contributed by atoms with Crippen molar-refractivity contribution in [1.29, 1.82) is 0 Å². The molecule has 5 aliphatic rings. The SMILES string of the molecule is C[N+]1(CCC[N+]2(C)C[C@@H]3[C@@H](C2)[C@H]2C=C[C@H]3CC2)CCOCC1. The molecule has 3 nitrogen and oxygen atoms in total. The molecule has 0 unspecified atom stereocenters. The van der Waals surface area contributed by atoms with Gasteiger partial charge in [0.2, 0.25) is 0 Å². The van der Waals surface area contributed by atoms with Crippen LogP contribution in [0.4, 0.5) is 0 Å². The van der Waals surface area contributed by atoms with Gasteiger partial charge in [0.15, 0.2) is 0 Å². The molecule has 0 spiro atoms. The molecule has 3 heteroatoms. The topological polar surface area (TPSA) is 9.23 Å². The number of likely N-dealkylation sites (N-methyl/N-ethyl adjacent to an activating group) is 1. The molecule has 124 valence electrons. The molecular formula is C19H34N2O+2. The van der Waals surface area contributed by atoms with Crippen molar-refractivity contribution in [2.24, 2.45) is 23.7 Å². The Morgan fingerprint density at radius 3 is 1.95 bits per heavy atom. The Kier molecular flexibility index (Phi) is 3.87. The van der Waals surface area contributed by atoms with Crippen LogP contribution in [0.3, 0.4) is 0 Å². The monoisotopic (exact) mass is 306 g/mol. The van der Waals surface area contributed by atoms with Gasteiger partial charge in [-0.25, -0.2) is 0 Å². The number of morpholine rings is 1. The average molecular weight is 306 g/mol. The standard InChI is InChI=1S/C19H34N2O/c1-20(10-12-22-13-11-20)8-3-9-21(2)14-18-16-4-5-17(7-6-16)19(18)15-21/h4-5,16-19H,3,6-15H2,1-2H3/q+2/t16-,17-,18-,19-/m0/s1. The first-order chi connectivity index (χ1) is 10.6. The summed E-state index contributed by atoms with van der Waals surface area (Å²) in [4.78, 5) is 0. The normalized spacial score (nSPS) is 45.9. The van der Waals surface area contributed by atoms with Crippen molar-refractivity contribution in [1.82, 2.24) is 0 Å². The van der Waals surface area contributed by atoms with E-state index in [1.165, 1.54) is 67.5 Å². The molecular weight excluding hydrogens is 272 g/mol. The third-order valence-corrected chi connectivity index (χ3v) is 7.34. The van der Waals surface area contributed by atoms with Gasteiger partial charge >= 0.3 is 0 Å². The van der Waals surface area contributed by atoms with Gasteiger partial charge in [0.25, 0.3) is 0 Å².